The number of aryl methyl sites for hydroxylation is 1. The molecule has 0 atom stereocenters. The first-order valence-electron chi connectivity index (χ1n) is 5.81. The van der Waals surface area contributed by atoms with Crippen molar-refractivity contribution in [3.05, 3.63) is 28.0 Å². The van der Waals surface area contributed by atoms with Gasteiger partial charge in [0, 0.05) is 12.0 Å². The smallest absolute Gasteiger partial charge is 0.230 e. The molecule has 0 saturated heterocycles. The number of nitrogens with one attached hydrogen (secondary N) is 1. The van der Waals surface area contributed by atoms with Gasteiger partial charge in [-0.15, -0.1) is 0 Å². The summed E-state index contributed by atoms with van der Waals surface area (Å²) in [6.45, 7) is 0. The van der Waals surface area contributed by atoms with Gasteiger partial charge in [-0.3, -0.25) is 5.41 Å². The maximum Gasteiger partial charge on any atom is 0.230 e. The molecular formula is C13H13N3O. The molecule has 0 fully saturated rings. The molecule has 0 amide bonds. The molecule has 0 radical (unpaired) electrons. The molecule has 0 unspecified atom stereocenters. The van der Waals surface area contributed by atoms with Crippen molar-refractivity contribution < 1.29 is 4.42 Å². The van der Waals surface area contributed by atoms with Gasteiger partial charge in [0.25, 0.3) is 0 Å². The fourth-order valence-electron chi connectivity index (χ4n) is 2.28. The van der Waals surface area contributed by atoms with Crippen LogP contribution >= 0.6 is 0 Å². The van der Waals surface area contributed by atoms with E-state index in [9.17, 15) is 0 Å². The molecule has 4 nitrogen and oxygen atoms in total. The van der Waals surface area contributed by atoms with Crippen LogP contribution in [-0.2, 0) is 12.8 Å². The highest BCUT2D eigenvalue weighted by Crippen LogP contribution is 2.23. The predicted molar refractivity (Wildman–Crippen MR) is 59.9 cm³/mol. The fraction of sp³-hybridized carbons (Fsp3) is 0.462. The summed E-state index contributed by atoms with van der Waals surface area (Å²) < 4.78 is 5.39. The maximum absolute atomic E-state index is 9.17. The maximum atomic E-state index is 9.17. The van der Waals surface area contributed by atoms with Gasteiger partial charge in [0.1, 0.15) is 23.5 Å². The zero-order chi connectivity index (χ0) is 12.3. The summed E-state index contributed by atoms with van der Waals surface area (Å²) in [4.78, 5) is 0. The lowest BCUT2D eigenvalue weighted by atomic mass is 9.93. The van der Waals surface area contributed by atoms with Crippen molar-refractivity contribution in [2.75, 3.05) is 0 Å². The van der Waals surface area contributed by atoms with Crippen molar-refractivity contribution >= 4 is 0 Å². The summed E-state index contributed by atoms with van der Waals surface area (Å²) in [5.41, 5.74) is 1.09. The zero-order valence-corrected chi connectivity index (χ0v) is 9.55. The van der Waals surface area contributed by atoms with Crippen molar-refractivity contribution in [3.63, 3.8) is 0 Å². The second-order valence-corrected chi connectivity index (χ2v) is 4.22. The average molecular weight is 227 g/mol. The fourth-order valence-corrected chi connectivity index (χ4v) is 2.28. The van der Waals surface area contributed by atoms with E-state index < -0.39 is 0 Å². The summed E-state index contributed by atoms with van der Waals surface area (Å²) in [7, 11) is 0. The molecule has 17 heavy (non-hydrogen) atoms. The Morgan fingerprint density at radius 1 is 0.941 bits per heavy atom. The summed E-state index contributed by atoms with van der Waals surface area (Å²) in [6.07, 6.45) is 5.88. The van der Waals surface area contributed by atoms with Crippen molar-refractivity contribution in [1.82, 2.24) is 0 Å². The first kappa shape index (κ1) is 11.4. The van der Waals surface area contributed by atoms with Gasteiger partial charge in [-0.1, -0.05) is 12.8 Å². The second-order valence-electron chi connectivity index (χ2n) is 4.22. The lowest BCUT2D eigenvalue weighted by molar-refractivity contribution is 0.413. The lowest BCUT2D eigenvalue weighted by Gasteiger charge is -2.14. The zero-order valence-electron chi connectivity index (χ0n) is 9.55. The molecule has 0 saturated carbocycles. The first-order valence-corrected chi connectivity index (χ1v) is 5.81. The molecule has 1 aromatic heterocycles. The topological polar surface area (TPSA) is 84.6 Å². The molecule has 1 N–H and O–H groups in total. The number of rotatable bonds is 0. The molecule has 1 heterocycles. The molecule has 0 aromatic carbocycles. The molecule has 1 aliphatic rings. The van der Waals surface area contributed by atoms with Crippen LogP contribution in [0.3, 0.4) is 0 Å². The monoisotopic (exact) mass is 227 g/mol. The number of hydrogen-bond acceptors (Lipinski definition) is 4. The van der Waals surface area contributed by atoms with E-state index in [1.54, 1.807) is 0 Å². The summed E-state index contributed by atoms with van der Waals surface area (Å²) in [5, 5.41) is 25.8. The molecule has 0 aliphatic heterocycles. The van der Waals surface area contributed by atoms with Gasteiger partial charge in [0.2, 0.25) is 5.55 Å². The van der Waals surface area contributed by atoms with E-state index in [4.69, 9.17) is 20.4 Å². The Hall–Kier alpha value is -2.07. The third kappa shape index (κ3) is 2.07. The standard InChI is InChI=1S/C13H13N3O/c14-7-10-9-5-3-1-2-4-6-12(9)17-13(16)11(10)8-15/h16H,1-6H2. The van der Waals surface area contributed by atoms with Crippen LogP contribution in [0.2, 0.25) is 0 Å². The Bertz CT molecular complexity index is 572. The van der Waals surface area contributed by atoms with E-state index in [0.29, 0.717) is 5.56 Å². The molecule has 1 aliphatic carbocycles. The average Bonchev–Trinajstić information content (AvgIpc) is 2.30. The number of hydrogen-bond donors (Lipinski definition) is 1. The van der Waals surface area contributed by atoms with Crippen molar-refractivity contribution in [2.45, 2.75) is 38.5 Å². The quantitative estimate of drug-likeness (QED) is 0.737. The van der Waals surface area contributed by atoms with Gasteiger partial charge in [0.05, 0.1) is 5.56 Å². The minimum atomic E-state index is -0.177. The van der Waals surface area contributed by atoms with E-state index >= 15 is 0 Å². The largest absolute Gasteiger partial charge is 0.442 e. The molecule has 86 valence electrons. The van der Waals surface area contributed by atoms with Crippen LogP contribution in [-0.4, -0.2) is 0 Å². The van der Waals surface area contributed by atoms with Crippen LogP contribution < -0.4 is 5.55 Å². The second kappa shape index (κ2) is 4.84. The normalized spacial score (nSPS) is 14.9. The van der Waals surface area contributed by atoms with Gasteiger partial charge < -0.3 is 4.42 Å². The Kier molecular flexibility index (Phi) is 3.25. The van der Waals surface area contributed by atoms with E-state index in [2.05, 4.69) is 6.07 Å². The molecule has 0 bridgehead atoms. The van der Waals surface area contributed by atoms with Crippen LogP contribution in [0.1, 0.15) is 48.1 Å². The highest BCUT2D eigenvalue weighted by Gasteiger charge is 2.18. The Balaban J connectivity index is 2.66. The number of nitrogens with zero attached hydrogens (tertiary/aromatic N) is 2. The van der Waals surface area contributed by atoms with E-state index in [-0.39, 0.29) is 11.1 Å². The Morgan fingerprint density at radius 3 is 2.24 bits per heavy atom. The highest BCUT2D eigenvalue weighted by molar-refractivity contribution is 5.49. The van der Waals surface area contributed by atoms with Crippen LogP contribution in [0.4, 0.5) is 0 Å². The molecule has 4 heteroatoms. The number of fused-ring (bicyclic) bond motifs is 1. The third-order valence-corrected chi connectivity index (χ3v) is 3.14. The summed E-state index contributed by atoms with van der Waals surface area (Å²) in [5.74, 6) is 0.727. The van der Waals surface area contributed by atoms with E-state index in [0.717, 1.165) is 49.8 Å². The minimum Gasteiger partial charge on any atom is -0.442 e. The first-order chi connectivity index (χ1) is 8.27. The van der Waals surface area contributed by atoms with Crippen molar-refractivity contribution in [2.24, 2.45) is 0 Å². The van der Waals surface area contributed by atoms with Crippen molar-refractivity contribution in [3.8, 4) is 12.1 Å². The lowest BCUT2D eigenvalue weighted by Crippen LogP contribution is -2.14. The summed E-state index contributed by atoms with van der Waals surface area (Å²) in [6, 6.07) is 3.96. The van der Waals surface area contributed by atoms with Crippen LogP contribution in [0, 0.1) is 28.1 Å². The van der Waals surface area contributed by atoms with Gasteiger partial charge in [-0.2, -0.15) is 10.5 Å². The minimum absolute atomic E-state index is 0.0758. The van der Waals surface area contributed by atoms with Crippen LogP contribution in [0.25, 0.3) is 0 Å². The van der Waals surface area contributed by atoms with Gasteiger partial charge in [-0.05, 0) is 19.3 Å². The Morgan fingerprint density at radius 2 is 1.59 bits per heavy atom. The Labute approximate surface area is 99.6 Å². The number of nitriles is 2. The van der Waals surface area contributed by atoms with Gasteiger partial charge in [0.15, 0.2) is 0 Å². The molecule has 0 spiro atoms. The highest BCUT2D eigenvalue weighted by atomic mass is 16.3. The van der Waals surface area contributed by atoms with Crippen LogP contribution in [0.5, 0.6) is 0 Å². The predicted octanol–water partition coefficient (Wildman–Crippen LogP) is 2.16. The van der Waals surface area contributed by atoms with Gasteiger partial charge >= 0.3 is 0 Å². The third-order valence-electron chi connectivity index (χ3n) is 3.14. The molecule has 2 rings (SSSR count). The SMILES string of the molecule is N#Cc1c2c(oc(=N)c1C#N)CCCCCC2. The van der Waals surface area contributed by atoms with Gasteiger partial charge in [-0.25, -0.2) is 0 Å². The summed E-state index contributed by atoms with van der Waals surface area (Å²) >= 11 is 0. The van der Waals surface area contributed by atoms with E-state index in [1.807, 2.05) is 6.07 Å². The molecular weight excluding hydrogens is 214 g/mol. The van der Waals surface area contributed by atoms with Crippen molar-refractivity contribution in [1.29, 1.82) is 15.9 Å². The molecule has 1 aromatic rings. The van der Waals surface area contributed by atoms with E-state index in [1.165, 1.54) is 0 Å². The van der Waals surface area contributed by atoms with Crippen LogP contribution in [0.15, 0.2) is 4.42 Å².